The van der Waals surface area contributed by atoms with Crippen LogP contribution >= 0.6 is 0 Å². The van der Waals surface area contributed by atoms with E-state index in [0.29, 0.717) is 13.2 Å². The number of rotatable bonds is 5. The molecule has 1 aromatic carbocycles. The van der Waals surface area contributed by atoms with Gasteiger partial charge in [-0.1, -0.05) is 6.92 Å². The van der Waals surface area contributed by atoms with Crippen molar-refractivity contribution in [2.45, 2.75) is 17.9 Å². The molecule has 8 heteroatoms. The van der Waals surface area contributed by atoms with Gasteiger partial charge in [0.1, 0.15) is 5.82 Å². The quantitative estimate of drug-likeness (QED) is 0.768. The number of benzene rings is 1. The fraction of sp³-hybridized carbons (Fsp3) is 0.538. The molecule has 3 N–H and O–H groups in total. The predicted octanol–water partition coefficient (Wildman–Crippen LogP) is 0.407. The van der Waals surface area contributed by atoms with Crippen LogP contribution in [0.25, 0.3) is 0 Å². The van der Waals surface area contributed by atoms with Crippen LogP contribution in [-0.2, 0) is 14.8 Å². The molecule has 0 amide bonds. The number of hydrogen-bond donors (Lipinski definition) is 2. The van der Waals surface area contributed by atoms with Crippen molar-refractivity contribution in [3.05, 3.63) is 24.0 Å². The first-order valence-corrected chi connectivity index (χ1v) is 8.29. The molecule has 1 aliphatic heterocycles. The molecule has 2 rings (SSSR count). The Hall–Kier alpha value is -1.22. The second-order valence-corrected chi connectivity index (χ2v) is 6.69. The second-order valence-electron chi connectivity index (χ2n) is 4.92. The van der Waals surface area contributed by atoms with Gasteiger partial charge in [-0.05, 0) is 24.7 Å². The maximum Gasteiger partial charge on any atom is 0.240 e. The molecular formula is C13H20FN3O3S. The summed E-state index contributed by atoms with van der Waals surface area (Å²) in [6.45, 7) is 5.26. The van der Waals surface area contributed by atoms with Gasteiger partial charge < -0.3 is 10.5 Å². The molecular weight excluding hydrogens is 297 g/mol. The molecule has 0 bridgehead atoms. The molecule has 1 aromatic rings. The number of nitrogen functional groups attached to an aromatic ring is 1. The van der Waals surface area contributed by atoms with E-state index in [1.54, 1.807) is 0 Å². The number of halogens is 1. The summed E-state index contributed by atoms with van der Waals surface area (Å²) in [4.78, 5) is 2.14. The van der Waals surface area contributed by atoms with Crippen LogP contribution in [0.2, 0.25) is 0 Å². The first kappa shape index (κ1) is 16.2. The van der Waals surface area contributed by atoms with Crippen molar-refractivity contribution >= 4 is 15.7 Å². The monoisotopic (exact) mass is 317 g/mol. The molecule has 1 atom stereocenters. The molecule has 1 fully saturated rings. The minimum Gasteiger partial charge on any atom is -0.396 e. The highest BCUT2D eigenvalue weighted by Crippen LogP contribution is 2.16. The summed E-state index contributed by atoms with van der Waals surface area (Å²) in [5.74, 6) is -0.636. The highest BCUT2D eigenvalue weighted by atomic mass is 32.2. The average Bonchev–Trinajstić information content (AvgIpc) is 2.48. The van der Waals surface area contributed by atoms with E-state index in [9.17, 15) is 12.8 Å². The third-order valence-electron chi connectivity index (χ3n) is 3.45. The fourth-order valence-electron chi connectivity index (χ4n) is 2.17. The van der Waals surface area contributed by atoms with Crippen LogP contribution in [0.1, 0.15) is 6.92 Å². The van der Waals surface area contributed by atoms with Crippen LogP contribution in [0, 0.1) is 5.82 Å². The minimum atomic E-state index is -3.72. The zero-order valence-electron chi connectivity index (χ0n) is 11.9. The van der Waals surface area contributed by atoms with Crippen molar-refractivity contribution in [3.63, 3.8) is 0 Å². The van der Waals surface area contributed by atoms with Crippen LogP contribution in [0.15, 0.2) is 23.1 Å². The second kappa shape index (κ2) is 6.69. The van der Waals surface area contributed by atoms with Gasteiger partial charge in [0, 0.05) is 19.6 Å². The molecule has 1 unspecified atom stereocenters. The van der Waals surface area contributed by atoms with E-state index in [-0.39, 0.29) is 23.2 Å². The Morgan fingerprint density at radius 1 is 1.52 bits per heavy atom. The molecule has 118 valence electrons. The molecule has 1 aliphatic rings. The molecule has 0 aliphatic carbocycles. The van der Waals surface area contributed by atoms with Gasteiger partial charge in [0.2, 0.25) is 10.0 Å². The van der Waals surface area contributed by atoms with Crippen molar-refractivity contribution in [2.24, 2.45) is 0 Å². The first-order valence-electron chi connectivity index (χ1n) is 6.81. The van der Waals surface area contributed by atoms with E-state index in [2.05, 4.69) is 9.62 Å². The van der Waals surface area contributed by atoms with Gasteiger partial charge in [0.25, 0.3) is 0 Å². The Kier molecular flexibility index (Phi) is 5.15. The predicted molar refractivity (Wildman–Crippen MR) is 77.9 cm³/mol. The number of anilines is 1. The van der Waals surface area contributed by atoms with Gasteiger partial charge in [0.05, 0.1) is 23.3 Å². The summed E-state index contributed by atoms with van der Waals surface area (Å²) in [6, 6.07) is 3.34. The van der Waals surface area contributed by atoms with Crippen molar-refractivity contribution in [3.8, 4) is 0 Å². The minimum absolute atomic E-state index is 0.0513. The van der Waals surface area contributed by atoms with Gasteiger partial charge in [-0.2, -0.15) is 0 Å². The zero-order valence-corrected chi connectivity index (χ0v) is 12.7. The van der Waals surface area contributed by atoms with Crippen LogP contribution in [0.5, 0.6) is 0 Å². The van der Waals surface area contributed by atoms with Gasteiger partial charge in [-0.25, -0.2) is 17.5 Å². The summed E-state index contributed by atoms with van der Waals surface area (Å²) in [5, 5.41) is 0. The maximum absolute atomic E-state index is 13.1. The molecule has 0 saturated carbocycles. The van der Waals surface area contributed by atoms with E-state index >= 15 is 0 Å². The van der Waals surface area contributed by atoms with E-state index in [1.165, 1.54) is 6.07 Å². The summed E-state index contributed by atoms with van der Waals surface area (Å²) < 4.78 is 45.4. The number of likely N-dealkylation sites (N-methyl/N-ethyl adjacent to an activating group) is 1. The van der Waals surface area contributed by atoms with Crippen LogP contribution in [0.4, 0.5) is 10.1 Å². The lowest BCUT2D eigenvalue weighted by molar-refractivity contribution is -0.0229. The first-order chi connectivity index (χ1) is 9.92. The maximum atomic E-state index is 13.1. The fourth-order valence-corrected chi connectivity index (χ4v) is 3.27. The van der Waals surface area contributed by atoms with Gasteiger partial charge >= 0.3 is 0 Å². The van der Waals surface area contributed by atoms with Crippen molar-refractivity contribution in [2.75, 3.05) is 38.5 Å². The van der Waals surface area contributed by atoms with E-state index in [4.69, 9.17) is 10.5 Å². The number of sulfonamides is 1. The van der Waals surface area contributed by atoms with E-state index in [0.717, 1.165) is 25.2 Å². The molecule has 0 aromatic heterocycles. The number of nitrogens with two attached hydrogens (primary N) is 1. The molecule has 1 saturated heterocycles. The van der Waals surface area contributed by atoms with Crippen molar-refractivity contribution < 1.29 is 17.5 Å². The zero-order chi connectivity index (χ0) is 15.5. The average molecular weight is 317 g/mol. The molecule has 1 heterocycles. The number of morpholine rings is 1. The standard InChI is InChI=1S/C13H20FN3O3S/c1-2-17-5-6-20-10(9-17)8-16-21(18,19)11-3-4-12(14)13(15)7-11/h3-4,7,10,16H,2,5-6,8-9,15H2,1H3. The van der Waals surface area contributed by atoms with Crippen molar-refractivity contribution in [1.82, 2.24) is 9.62 Å². The Labute approximate surface area is 124 Å². The van der Waals surface area contributed by atoms with Crippen LogP contribution in [0.3, 0.4) is 0 Å². The molecule has 0 spiro atoms. The third-order valence-corrected chi connectivity index (χ3v) is 4.87. The third kappa shape index (κ3) is 4.13. The summed E-state index contributed by atoms with van der Waals surface area (Å²) >= 11 is 0. The lowest BCUT2D eigenvalue weighted by Crippen LogP contribution is -2.47. The topological polar surface area (TPSA) is 84.7 Å². The Morgan fingerprint density at radius 3 is 2.95 bits per heavy atom. The Balaban J connectivity index is 1.99. The molecule has 21 heavy (non-hydrogen) atoms. The van der Waals surface area contributed by atoms with Crippen LogP contribution < -0.4 is 10.5 Å². The molecule has 6 nitrogen and oxygen atoms in total. The van der Waals surface area contributed by atoms with E-state index in [1.807, 2.05) is 6.92 Å². The number of hydrogen-bond acceptors (Lipinski definition) is 5. The van der Waals surface area contributed by atoms with Gasteiger partial charge in [-0.15, -0.1) is 0 Å². The number of nitrogens with zero attached hydrogens (tertiary/aromatic N) is 1. The van der Waals surface area contributed by atoms with Gasteiger partial charge in [0.15, 0.2) is 0 Å². The van der Waals surface area contributed by atoms with Crippen molar-refractivity contribution in [1.29, 1.82) is 0 Å². The number of nitrogens with one attached hydrogen (secondary N) is 1. The summed E-state index contributed by atoms with van der Waals surface area (Å²) in [5.41, 5.74) is 5.20. The summed E-state index contributed by atoms with van der Waals surface area (Å²) in [7, 11) is -3.72. The Morgan fingerprint density at radius 2 is 2.29 bits per heavy atom. The smallest absolute Gasteiger partial charge is 0.240 e. The SMILES string of the molecule is CCN1CCOC(CNS(=O)(=O)c2ccc(F)c(N)c2)C1. The van der Waals surface area contributed by atoms with Crippen LogP contribution in [-0.4, -0.2) is 52.2 Å². The molecule has 0 radical (unpaired) electrons. The lowest BCUT2D eigenvalue weighted by Gasteiger charge is -2.32. The largest absolute Gasteiger partial charge is 0.396 e. The lowest BCUT2D eigenvalue weighted by atomic mass is 10.3. The highest BCUT2D eigenvalue weighted by molar-refractivity contribution is 7.89. The normalized spacial score (nSPS) is 20.6. The van der Waals surface area contributed by atoms with E-state index < -0.39 is 15.8 Å². The summed E-state index contributed by atoms with van der Waals surface area (Å²) in [6.07, 6.45) is -0.189. The Bertz CT molecular complexity index is 594. The number of ether oxygens (including phenoxy) is 1. The van der Waals surface area contributed by atoms with Gasteiger partial charge in [-0.3, -0.25) is 4.90 Å². The highest BCUT2D eigenvalue weighted by Gasteiger charge is 2.22.